The molecule has 0 aliphatic rings. The van der Waals surface area contributed by atoms with Crippen LogP contribution in [0.25, 0.3) is 11.1 Å². The highest BCUT2D eigenvalue weighted by Crippen LogP contribution is 2.26. The third kappa shape index (κ3) is 2.21. The van der Waals surface area contributed by atoms with Crippen molar-refractivity contribution in [3.63, 3.8) is 0 Å². The van der Waals surface area contributed by atoms with Crippen LogP contribution in [0.1, 0.15) is 6.92 Å². The van der Waals surface area contributed by atoms with E-state index in [0.717, 1.165) is 0 Å². The van der Waals surface area contributed by atoms with Crippen molar-refractivity contribution in [2.45, 2.75) is 11.9 Å². The molecule has 0 amide bonds. The normalized spacial score (nSPS) is 11.6. The Bertz CT molecular complexity index is 634. The summed E-state index contributed by atoms with van der Waals surface area (Å²) in [5.41, 5.74) is 0.886. The average Bonchev–Trinajstić information content (AvgIpc) is 2.78. The summed E-state index contributed by atoms with van der Waals surface area (Å²) in [4.78, 5) is 0. The highest BCUT2D eigenvalue weighted by Gasteiger charge is 2.19. The lowest BCUT2D eigenvalue weighted by Crippen LogP contribution is -2.05. The van der Waals surface area contributed by atoms with E-state index >= 15 is 0 Å². The number of nitrogens with zero attached hydrogens (tertiary/aromatic N) is 1. The van der Waals surface area contributed by atoms with Crippen LogP contribution in [0.4, 0.5) is 4.39 Å². The molecule has 1 N–H and O–H groups in total. The molecule has 4 nitrogen and oxygen atoms in total. The molecule has 0 spiro atoms. The van der Waals surface area contributed by atoms with Crippen molar-refractivity contribution in [1.82, 2.24) is 10.2 Å². The molecule has 0 saturated carbocycles. The fourth-order valence-corrected chi connectivity index (χ4v) is 2.50. The lowest BCUT2D eigenvalue weighted by Gasteiger charge is -2.03. The number of aromatic amines is 1. The number of rotatable bonds is 3. The van der Waals surface area contributed by atoms with E-state index in [2.05, 4.69) is 10.2 Å². The van der Waals surface area contributed by atoms with E-state index in [-0.39, 0.29) is 10.8 Å². The first kappa shape index (κ1) is 11.8. The Hall–Kier alpha value is -1.69. The quantitative estimate of drug-likeness (QED) is 0.911. The highest BCUT2D eigenvalue weighted by molar-refractivity contribution is 7.91. The zero-order valence-electron chi connectivity index (χ0n) is 9.14. The third-order valence-corrected chi connectivity index (χ3v) is 4.12. The molecule has 1 heterocycles. The van der Waals surface area contributed by atoms with Crippen LogP contribution in [-0.4, -0.2) is 24.4 Å². The first-order valence-corrected chi connectivity index (χ1v) is 6.72. The zero-order valence-corrected chi connectivity index (χ0v) is 9.96. The van der Waals surface area contributed by atoms with Gasteiger partial charge in [0.1, 0.15) is 5.82 Å². The zero-order chi connectivity index (χ0) is 12.5. The topological polar surface area (TPSA) is 62.8 Å². The minimum absolute atomic E-state index is 0.0302. The summed E-state index contributed by atoms with van der Waals surface area (Å²) in [6, 6.07) is 5.75. The van der Waals surface area contributed by atoms with Crippen molar-refractivity contribution in [3.8, 4) is 11.1 Å². The van der Waals surface area contributed by atoms with E-state index in [1.807, 2.05) is 0 Å². The van der Waals surface area contributed by atoms with E-state index in [4.69, 9.17) is 0 Å². The monoisotopic (exact) mass is 254 g/mol. The van der Waals surface area contributed by atoms with Crippen molar-refractivity contribution < 1.29 is 12.8 Å². The van der Waals surface area contributed by atoms with Crippen molar-refractivity contribution in [2.24, 2.45) is 0 Å². The molecular weight excluding hydrogens is 243 g/mol. The van der Waals surface area contributed by atoms with Crippen LogP contribution in [0.5, 0.6) is 0 Å². The molecule has 1 aromatic carbocycles. The van der Waals surface area contributed by atoms with Gasteiger partial charge in [-0.15, -0.1) is 0 Å². The number of sulfone groups is 1. The molecule has 17 heavy (non-hydrogen) atoms. The predicted molar refractivity (Wildman–Crippen MR) is 61.7 cm³/mol. The van der Waals surface area contributed by atoms with Gasteiger partial charge in [0.15, 0.2) is 14.9 Å². The van der Waals surface area contributed by atoms with Crippen molar-refractivity contribution in [2.75, 3.05) is 5.75 Å². The Morgan fingerprint density at radius 2 is 2.18 bits per heavy atom. The number of nitrogens with one attached hydrogen (secondary N) is 1. The molecule has 0 unspecified atom stereocenters. The van der Waals surface area contributed by atoms with Gasteiger partial charge in [-0.3, -0.25) is 5.10 Å². The molecule has 0 aliphatic heterocycles. The molecule has 6 heteroatoms. The van der Waals surface area contributed by atoms with Crippen LogP contribution >= 0.6 is 0 Å². The van der Waals surface area contributed by atoms with Gasteiger partial charge in [0.25, 0.3) is 0 Å². The van der Waals surface area contributed by atoms with E-state index in [9.17, 15) is 12.8 Å². The molecule has 1 aromatic heterocycles. The maximum absolute atomic E-state index is 13.1. The van der Waals surface area contributed by atoms with Gasteiger partial charge in [0.2, 0.25) is 0 Å². The fraction of sp³-hybridized carbons (Fsp3) is 0.182. The number of H-pyrrole nitrogens is 1. The predicted octanol–water partition coefficient (Wildman–Crippen LogP) is 2.01. The SMILES string of the molecule is CCS(=O)(=O)c1[nH]ncc1-c1cccc(F)c1. The van der Waals surface area contributed by atoms with Crippen LogP contribution < -0.4 is 0 Å². The van der Waals surface area contributed by atoms with Gasteiger partial charge in [-0.25, -0.2) is 12.8 Å². The Morgan fingerprint density at radius 1 is 1.41 bits per heavy atom. The Balaban J connectivity index is 2.59. The number of benzene rings is 1. The van der Waals surface area contributed by atoms with Crippen molar-refractivity contribution in [1.29, 1.82) is 0 Å². The van der Waals surface area contributed by atoms with Crippen molar-refractivity contribution in [3.05, 3.63) is 36.3 Å². The number of aromatic nitrogens is 2. The smallest absolute Gasteiger partial charge is 0.195 e. The standard InChI is InChI=1S/C11H11FN2O2S/c1-2-17(15,16)11-10(7-13-14-11)8-4-3-5-9(12)6-8/h3-7H,2H2,1H3,(H,13,14). The summed E-state index contributed by atoms with van der Waals surface area (Å²) in [5.74, 6) is -0.444. The molecule has 0 radical (unpaired) electrons. The molecule has 0 bridgehead atoms. The summed E-state index contributed by atoms with van der Waals surface area (Å²) in [7, 11) is -3.39. The van der Waals surface area contributed by atoms with Gasteiger partial charge >= 0.3 is 0 Å². The first-order chi connectivity index (χ1) is 8.04. The number of hydrogen-bond donors (Lipinski definition) is 1. The maximum atomic E-state index is 13.1. The first-order valence-electron chi connectivity index (χ1n) is 5.06. The van der Waals surface area contributed by atoms with Gasteiger partial charge < -0.3 is 0 Å². The van der Waals surface area contributed by atoms with Gasteiger partial charge in [-0.05, 0) is 17.7 Å². The molecule has 0 fully saturated rings. The maximum Gasteiger partial charge on any atom is 0.195 e. The molecule has 0 aliphatic carbocycles. The number of hydrogen-bond acceptors (Lipinski definition) is 3. The summed E-state index contributed by atoms with van der Waals surface area (Å²) in [5, 5.41) is 6.20. The van der Waals surface area contributed by atoms with Crippen LogP contribution in [0.15, 0.2) is 35.5 Å². The fourth-order valence-electron chi connectivity index (χ4n) is 1.52. The van der Waals surface area contributed by atoms with Gasteiger partial charge in [-0.2, -0.15) is 5.10 Å². The lowest BCUT2D eigenvalue weighted by molar-refractivity contribution is 0.593. The summed E-state index contributed by atoms with van der Waals surface area (Å²) in [6.45, 7) is 1.55. The molecular formula is C11H11FN2O2S. The van der Waals surface area contributed by atoms with Crippen LogP contribution in [-0.2, 0) is 9.84 Å². The molecule has 2 rings (SSSR count). The van der Waals surface area contributed by atoms with E-state index in [1.54, 1.807) is 13.0 Å². The largest absolute Gasteiger partial charge is 0.267 e. The second-order valence-electron chi connectivity index (χ2n) is 3.53. The Labute approximate surface area is 98.4 Å². The lowest BCUT2D eigenvalue weighted by atomic mass is 10.1. The molecule has 0 atom stereocenters. The minimum atomic E-state index is -3.39. The summed E-state index contributed by atoms with van der Waals surface area (Å²) < 4.78 is 36.6. The molecule has 0 saturated heterocycles. The highest BCUT2D eigenvalue weighted by atomic mass is 32.2. The van der Waals surface area contributed by atoms with Gasteiger partial charge in [-0.1, -0.05) is 19.1 Å². The Kier molecular flexibility index (Phi) is 2.97. The summed E-state index contributed by atoms with van der Waals surface area (Å²) in [6.07, 6.45) is 1.39. The molecule has 90 valence electrons. The molecule has 2 aromatic rings. The van der Waals surface area contributed by atoms with E-state index < -0.39 is 15.7 Å². The van der Waals surface area contributed by atoms with Crippen LogP contribution in [0, 0.1) is 5.82 Å². The average molecular weight is 254 g/mol. The van der Waals surface area contributed by atoms with Gasteiger partial charge in [0.05, 0.1) is 11.9 Å². The van der Waals surface area contributed by atoms with E-state index in [0.29, 0.717) is 11.1 Å². The Morgan fingerprint density at radius 3 is 2.82 bits per heavy atom. The van der Waals surface area contributed by atoms with Gasteiger partial charge in [0, 0.05) is 5.56 Å². The van der Waals surface area contributed by atoms with Crippen LogP contribution in [0.3, 0.4) is 0 Å². The van der Waals surface area contributed by atoms with E-state index in [1.165, 1.54) is 24.4 Å². The van der Waals surface area contributed by atoms with Crippen molar-refractivity contribution >= 4 is 9.84 Å². The second kappa shape index (κ2) is 4.29. The minimum Gasteiger partial charge on any atom is -0.267 e. The number of halogens is 1. The second-order valence-corrected chi connectivity index (χ2v) is 5.74. The third-order valence-electron chi connectivity index (χ3n) is 2.43. The summed E-state index contributed by atoms with van der Waals surface area (Å²) >= 11 is 0. The van der Waals surface area contributed by atoms with Crippen LogP contribution in [0.2, 0.25) is 0 Å².